The minimum Gasteiger partial charge on any atom is -0.447 e. The van der Waals surface area contributed by atoms with E-state index in [2.05, 4.69) is 0 Å². The summed E-state index contributed by atoms with van der Waals surface area (Å²) >= 11 is 0. The van der Waals surface area contributed by atoms with Crippen molar-refractivity contribution in [3.05, 3.63) is 36.3 Å². The Hall–Kier alpha value is -2.83. The van der Waals surface area contributed by atoms with E-state index in [1.165, 1.54) is 24.7 Å². The minimum absolute atomic E-state index is 0.00926. The van der Waals surface area contributed by atoms with E-state index in [9.17, 15) is 14.4 Å². The van der Waals surface area contributed by atoms with Crippen molar-refractivity contribution in [1.29, 1.82) is 0 Å². The summed E-state index contributed by atoms with van der Waals surface area (Å²) in [5.41, 5.74) is -0.00926. The molecule has 7 heteroatoms. The largest absolute Gasteiger partial charge is 0.447 e. The number of furan rings is 2. The lowest BCUT2D eigenvalue weighted by molar-refractivity contribution is -0.121. The van der Waals surface area contributed by atoms with Gasteiger partial charge >= 0.3 is 5.97 Å². The average Bonchev–Trinajstić information content (AvgIpc) is 3.11. The SMILES string of the molecule is O=C(Oc1ccco1)c1ccoc1N1C(=O)CCC1=O. The summed E-state index contributed by atoms with van der Waals surface area (Å²) in [6.07, 6.45) is 2.78. The zero-order valence-electron chi connectivity index (χ0n) is 10.2. The van der Waals surface area contributed by atoms with Gasteiger partial charge in [0.15, 0.2) is 0 Å². The van der Waals surface area contributed by atoms with Crippen LogP contribution in [0.4, 0.5) is 5.88 Å². The summed E-state index contributed by atoms with van der Waals surface area (Å²) in [4.78, 5) is 36.1. The van der Waals surface area contributed by atoms with E-state index in [1.54, 1.807) is 6.07 Å². The molecule has 1 fully saturated rings. The number of nitrogens with zero attached hydrogens (tertiary/aromatic N) is 1. The molecule has 2 aromatic rings. The predicted octanol–water partition coefficient (Wildman–Crippen LogP) is 1.75. The second kappa shape index (κ2) is 4.69. The fourth-order valence-electron chi connectivity index (χ4n) is 1.90. The maximum Gasteiger partial charge on any atom is 0.351 e. The number of carbonyl (C=O) groups is 3. The Balaban J connectivity index is 1.88. The molecule has 2 amide bonds. The van der Waals surface area contributed by atoms with Gasteiger partial charge in [0.25, 0.3) is 5.95 Å². The van der Waals surface area contributed by atoms with Crippen LogP contribution in [0.15, 0.2) is 39.6 Å². The molecular formula is C13H9NO6. The number of rotatable bonds is 3. The molecule has 20 heavy (non-hydrogen) atoms. The predicted molar refractivity (Wildman–Crippen MR) is 64.1 cm³/mol. The molecule has 0 aliphatic carbocycles. The summed E-state index contributed by atoms with van der Waals surface area (Å²) in [6.45, 7) is 0. The highest BCUT2D eigenvalue weighted by molar-refractivity contribution is 6.20. The molecular weight excluding hydrogens is 266 g/mol. The summed E-state index contributed by atoms with van der Waals surface area (Å²) < 4.78 is 14.9. The van der Waals surface area contributed by atoms with Crippen LogP contribution in [0.25, 0.3) is 0 Å². The zero-order valence-corrected chi connectivity index (χ0v) is 10.2. The Morgan fingerprint density at radius 1 is 1.10 bits per heavy atom. The van der Waals surface area contributed by atoms with E-state index in [-0.39, 0.29) is 30.2 Å². The molecule has 1 aliphatic heterocycles. The summed E-state index contributed by atoms with van der Waals surface area (Å²) in [5, 5.41) is 0. The van der Waals surface area contributed by atoms with E-state index in [0.717, 1.165) is 4.90 Å². The molecule has 0 unspecified atom stereocenters. The first-order valence-corrected chi connectivity index (χ1v) is 5.86. The van der Waals surface area contributed by atoms with Gasteiger partial charge in [0.2, 0.25) is 17.7 Å². The quantitative estimate of drug-likeness (QED) is 0.626. The fourth-order valence-corrected chi connectivity index (χ4v) is 1.90. The standard InChI is InChI=1S/C13H9NO6/c15-9-3-4-10(16)14(9)12-8(5-7-19-12)13(17)20-11-2-1-6-18-11/h1-2,5-7H,3-4H2. The number of imide groups is 1. The van der Waals surface area contributed by atoms with Crippen molar-refractivity contribution in [2.75, 3.05) is 4.90 Å². The van der Waals surface area contributed by atoms with Crippen LogP contribution >= 0.6 is 0 Å². The fraction of sp³-hybridized carbons (Fsp3) is 0.154. The zero-order chi connectivity index (χ0) is 14.1. The number of hydrogen-bond acceptors (Lipinski definition) is 6. The number of amides is 2. The molecule has 0 spiro atoms. The van der Waals surface area contributed by atoms with Crippen molar-refractivity contribution in [2.24, 2.45) is 0 Å². The lowest BCUT2D eigenvalue weighted by atomic mass is 10.3. The highest BCUT2D eigenvalue weighted by atomic mass is 16.6. The van der Waals surface area contributed by atoms with Gasteiger partial charge in [0, 0.05) is 18.9 Å². The molecule has 7 nitrogen and oxygen atoms in total. The van der Waals surface area contributed by atoms with Crippen LogP contribution in [0.3, 0.4) is 0 Å². The van der Waals surface area contributed by atoms with E-state index >= 15 is 0 Å². The Labute approximate surface area is 112 Å². The van der Waals surface area contributed by atoms with E-state index in [1.807, 2.05) is 0 Å². The van der Waals surface area contributed by atoms with Crippen LogP contribution in [0.1, 0.15) is 23.2 Å². The lowest BCUT2D eigenvalue weighted by Gasteiger charge is -2.11. The maximum absolute atomic E-state index is 12.0. The summed E-state index contributed by atoms with van der Waals surface area (Å²) in [7, 11) is 0. The first-order chi connectivity index (χ1) is 9.66. The van der Waals surface area contributed by atoms with Gasteiger partial charge in [-0.1, -0.05) is 0 Å². The van der Waals surface area contributed by atoms with Crippen LogP contribution in [-0.2, 0) is 9.59 Å². The van der Waals surface area contributed by atoms with Gasteiger partial charge in [0.1, 0.15) is 5.56 Å². The molecule has 2 aromatic heterocycles. The van der Waals surface area contributed by atoms with Gasteiger partial charge in [-0.25, -0.2) is 9.69 Å². The van der Waals surface area contributed by atoms with Gasteiger partial charge in [-0.15, -0.1) is 0 Å². The third-order valence-corrected chi connectivity index (χ3v) is 2.81. The van der Waals surface area contributed by atoms with Crippen molar-refractivity contribution in [3.63, 3.8) is 0 Å². The normalized spacial score (nSPS) is 14.9. The van der Waals surface area contributed by atoms with Crippen LogP contribution in [0.2, 0.25) is 0 Å². The number of hydrogen-bond donors (Lipinski definition) is 0. The van der Waals surface area contributed by atoms with Gasteiger partial charge in [-0.3, -0.25) is 9.59 Å². The monoisotopic (exact) mass is 275 g/mol. The first-order valence-electron chi connectivity index (χ1n) is 5.86. The third kappa shape index (κ3) is 1.99. The lowest BCUT2D eigenvalue weighted by Crippen LogP contribution is -2.30. The second-order valence-corrected chi connectivity index (χ2v) is 4.08. The summed E-state index contributed by atoms with van der Waals surface area (Å²) in [6, 6.07) is 4.36. The Morgan fingerprint density at radius 2 is 1.85 bits per heavy atom. The molecule has 0 N–H and O–H groups in total. The molecule has 3 rings (SSSR count). The molecule has 1 saturated heterocycles. The molecule has 0 radical (unpaired) electrons. The van der Waals surface area contributed by atoms with Gasteiger partial charge < -0.3 is 13.6 Å². The van der Waals surface area contributed by atoms with Crippen molar-refractivity contribution in [2.45, 2.75) is 12.8 Å². The van der Waals surface area contributed by atoms with Crippen LogP contribution in [-0.4, -0.2) is 17.8 Å². The van der Waals surface area contributed by atoms with Crippen molar-refractivity contribution in [1.82, 2.24) is 0 Å². The number of esters is 1. The number of carbonyl (C=O) groups excluding carboxylic acids is 3. The van der Waals surface area contributed by atoms with Gasteiger partial charge in [-0.2, -0.15) is 0 Å². The highest BCUT2D eigenvalue weighted by Crippen LogP contribution is 2.28. The topological polar surface area (TPSA) is 90.0 Å². The van der Waals surface area contributed by atoms with Crippen LogP contribution in [0, 0.1) is 0 Å². The van der Waals surface area contributed by atoms with E-state index in [0.29, 0.717) is 0 Å². The molecule has 1 aliphatic rings. The second-order valence-electron chi connectivity index (χ2n) is 4.08. The average molecular weight is 275 g/mol. The Bertz CT molecular complexity index is 653. The number of ether oxygens (including phenoxy) is 1. The molecule has 3 heterocycles. The van der Waals surface area contributed by atoms with E-state index in [4.69, 9.17) is 13.6 Å². The van der Waals surface area contributed by atoms with Gasteiger partial charge in [-0.05, 0) is 12.1 Å². The maximum atomic E-state index is 12.0. The summed E-state index contributed by atoms with van der Waals surface area (Å²) in [5.74, 6) is -1.68. The molecule has 0 aromatic carbocycles. The third-order valence-electron chi connectivity index (χ3n) is 2.81. The Kier molecular flexibility index (Phi) is 2.86. The minimum atomic E-state index is -0.767. The van der Waals surface area contributed by atoms with Crippen LogP contribution in [0.5, 0.6) is 5.95 Å². The molecule has 0 saturated carbocycles. The van der Waals surface area contributed by atoms with Crippen molar-refractivity contribution < 1.29 is 28.0 Å². The highest BCUT2D eigenvalue weighted by Gasteiger charge is 2.35. The molecule has 0 bridgehead atoms. The van der Waals surface area contributed by atoms with Gasteiger partial charge in [0.05, 0.1) is 12.5 Å². The van der Waals surface area contributed by atoms with Crippen molar-refractivity contribution >= 4 is 23.7 Å². The number of anilines is 1. The van der Waals surface area contributed by atoms with Crippen molar-refractivity contribution in [3.8, 4) is 5.95 Å². The van der Waals surface area contributed by atoms with Crippen LogP contribution < -0.4 is 9.64 Å². The smallest absolute Gasteiger partial charge is 0.351 e. The van der Waals surface area contributed by atoms with E-state index < -0.39 is 17.8 Å². The molecule has 0 atom stereocenters. The Morgan fingerprint density at radius 3 is 2.50 bits per heavy atom. The first kappa shape index (κ1) is 12.2. The molecule has 102 valence electrons.